The first-order chi connectivity index (χ1) is 14.0. The predicted octanol–water partition coefficient (Wildman–Crippen LogP) is 5.18. The second-order valence-corrected chi connectivity index (χ2v) is 6.71. The zero-order chi connectivity index (χ0) is 20.4. The van der Waals surface area contributed by atoms with Crippen molar-refractivity contribution in [2.45, 2.75) is 6.92 Å². The van der Waals surface area contributed by atoms with Gasteiger partial charge in [0.2, 0.25) is 5.91 Å². The molecular weight excluding hydrogens is 369 g/mol. The van der Waals surface area contributed by atoms with Gasteiger partial charge in [0.05, 0.1) is 0 Å². The number of carbonyl (C=O) groups is 2. The average Bonchev–Trinajstić information content (AvgIpc) is 3.11. The first kappa shape index (κ1) is 18.4. The summed E-state index contributed by atoms with van der Waals surface area (Å²) in [5, 5.41) is 6.32. The fourth-order valence-corrected chi connectivity index (χ4v) is 3.13. The van der Waals surface area contributed by atoms with Crippen LogP contribution < -0.4 is 10.6 Å². The van der Waals surface area contributed by atoms with Gasteiger partial charge in [0.25, 0.3) is 5.91 Å². The molecule has 3 N–H and O–H groups in total. The van der Waals surface area contributed by atoms with Crippen LogP contribution in [0.15, 0.2) is 72.8 Å². The number of hydrogen-bond donors (Lipinski definition) is 3. The highest BCUT2D eigenvalue weighted by Crippen LogP contribution is 2.27. The van der Waals surface area contributed by atoms with Gasteiger partial charge in [-0.15, -0.1) is 0 Å². The number of aromatic amines is 1. The zero-order valence-corrected chi connectivity index (χ0v) is 15.6. The van der Waals surface area contributed by atoms with Crippen molar-refractivity contribution in [1.82, 2.24) is 4.98 Å². The quantitative estimate of drug-likeness (QED) is 0.451. The first-order valence-corrected chi connectivity index (χ1v) is 9.06. The molecule has 0 saturated carbocycles. The number of benzene rings is 3. The van der Waals surface area contributed by atoms with E-state index in [1.54, 1.807) is 36.4 Å². The molecule has 0 aliphatic heterocycles. The predicted molar refractivity (Wildman–Crippen MR) is 112 cm³/mol. The van der Waals surface area contributed by atoms with E-state index in [0.29, 0.717) is 16.9 Å². The Balaban J connectivity index is 1.53. The lowest BCUT2D eigenvalue weighted by molar-refractivity contribution is -0.114. The maximum Gasteiger partial charge on any atom is 0.255 e. The molecule has 0 unspecified atom stereocenters. The van der Waals surface area contributed by atoms with Gasteiger partial charge >= 0.3 is 0 Å². The van der Waals surface area contributed by atoms with E-state index in [2.05, 4.69) is 15.6 Å². The molecule has 144 valence electrons. The van der Waals surface area contributed by atoms with Crippen molar-refractivity contribution in [3.63, 3.8) is 0 Å². The topological polar surface area (TPSA) is 74.0 Å². The van der Waals surface area contributed by atoms with Gasteiger partial charge in [0.15, 0.2) is 0 Å². The maximum atomic E-state index is 13.4. The van der Waals surface area contributed by atoms with Crippen LogP contribution in [-0.2, 0) is 4.79 Å². The largest absolute Gasteiger partial charge is 0.355 e. The number of rotatable bonds is 4. The summed E-state index contributed by atoms with van der Waals surface area (Å²) in [5.74, 6) is -0.706. The molecule has 6 heteroatoms. The molecule has 0 radical (unpaired) electrons. The van der Waals surface area contributed by atoms with Crippen LogP contribution in [-0.4, -0.2) is 16.8 Å². The van der Waals surface area contributed by atoms with E-state index in [-0.39, 0.29) is 17.6 Å². The third kappa shape index (κ3) is 4.16. The molecule has 0 aliphatic carbocycles. The van der Waals surface area contributed by atoms with Crippen LogP contribution >= 0.6 is 0 Å². The summed E-state index contributed by atoms with van der Waals surface area (Å²) in [6.07, 6.45) is 0. The minimum Gasteiger partial charge on any atom is -0.355 e. The van der Waals surface area contributed by atoms with Crippen LogP contribution in [0.3, 0.4) is 0 Å². The number of anilines is 2. The van der Waals surface area contributed by atoms with Crippen LogP contribution in [0.2, 0.25) is 0 Å². The fourth-order valence-electron chi connectivity index (χ4n) is 3.13. The van der Waals surface area contributed by atoms with Gasteiger partial charge in [0.1, 0.15) is 5.82 Å². The number of halogens is 1. The summed E-state index contributed by atoms with van der Waals surface area (Å²) in [7, 11) is 0. The Labute approximate surface area is 166 Å². The molecule has 0 aliphatic rings. The van der Waals surface area contributed by atoms with Crippen molar-refractivity contribution in [1.29, 1.82) is 0 Å². The van der Waals surface area contributed by atoms with E-state index in [1.807, 2.05) is 24.3 Å². The summed E-state index contributed by atoms with van der Waals surface area (Å²) in [4.78, 5) is 26.9. The van der Waals surface area contributed by atoms with Crippen molar-refractivity contribution in [2.24, 2.45) is 0 Å². The number of nitrogens with one attached hydrogen (secondary N) is 3. The number of amides is 2. The SMILES string of the molecule is CC(=O)Nc1ccc(C(=O)Nc2cccc(-c3cc4cc(F)ccc4[nH]3)c2)cc1. The Kier molecular flexibility index (Phi) is 4.83. The number of H-pyrrole nitrogens is 1. The van der Waals surface area contributed by atoms with E-state index < -0.39 is 0 Å². The van der Waals surface area contributed by atoms with Crippen molar-refractivity contribution < 1.29 is 14.0 Å². The van der Waals surface area contributed by atoms with Crippen molar-refractivity contribution >= 4 is 34.1 Å². The van der Waals surface area contributed by atoms with E-state index in [9.17, 15) is 14.0 Å². The highest BCUT2D eigenvalue weighted by molar-refractivity contribution is 6.05. The molecule has 1 heterocycles. The van der Waals surface area contributed by atoms with E-state index in [4.69, 9.17) is 0 Å². The normalized spacial score (nSPS) is 10.7. The van der Waals surface area contributed by atoms with Crippen molar-refractivity contribution in [3.8, 4) is 11.3 Å². The number of fused-ring (bicyclic) bond motifs is 1. The lowest BCUT2D eigenvalue weighted by Crippen LogP contribution is -2.12. The smallest absolute Gasteiger partial charge is 0.255 e. The minimum absolute atomic E-state index is 0.168. The zero-order valence-electron chi connectivity index (χ0n) is 15.6. The Morgan fingerprint density at radius 3 is 2.41 bits per heavy atom. The van der Waals surface area contributed by atoms with Crippen LogP contribution in [0.1, 0.15) is 17.3 Å². The number of carbonyl (C=O) groups excluding carboxylic acids is 2. The van der Waals surface area contributed by atoms with E-state index in [0.717, 1.165) is 22.2 Å². The van der Waals surface area contributed by atoms with Crippen LogP contribution in [0, 0.1) is 5.82 Å². The molecule has 5 nitrogen and oxygen atoms in total. The van der Waals surface area contributed by atoms with Gasteiger partial charge < -0.3 is 15.6 Å². The van der Waals surface area contributed by atoms with E-state index >= 15 is 0 Å². The average molecular weight is 387 g/mol. The summed E-state index contributed by atoms with van der Waals surface area (Å²) in [6, 6.07) is 20.5. The van der Waals surface area contributed by atoms with Crippen LogP contribution in [0.4, 0.5) is 15.8 Å². The third-order valence-electron chi connectivity index (χ3n) is 4.48. The van der Waals surface area contributed by atoms with Gasteiger partial charge in [0, 0.05) is 46.0 Å². The molecule has 0 fully saturated rings. The molecule has 29 heavy (non-hydrogen) atoms. The molecule has 4 rings (SSSR count). The third-order valence-corrected chi connectivity index (χ3v) is 4.48. The van der Waals surface area contributed by atoms with Gasteiger partial charge in [-0.2, -0.15) is 0 Å². The Bertz CT molecular complexity index is 1210. The molecule has 4 aromatic rings. The summed E-state index contributed by atoms with van der Waals surface area (Å²) < 4.78 is 13.4. The molecule has 0 atom stereocenters. The number of aromatic nitrogens is 1. The van der Waals surface area contributed by atoms with Gasteiger partial charge in [-0.1, -0.05) is 12.1 Å². The van der Waals surface area contributed by atoms with Crippen LogP contribution in [0.5, 0.6) is 0 Å². The second kappa shape index (κ2) is 7.59. The lowest BCUT2D eigenvalue weighted by Gasteiger charge is -2.08. The standard InChI is InChI=1S/C23H18FN3O2/c1-14(28)25-19-8-5-15(6-9-19)23(29)26-20-4-2-3-16(12-20)22-13-17-11-18(24)7-10-21(17)27-22/h2-13,27H,1H3,(H,25,28)(H,26,29). The Hall–Kier alpha value is -3.93. The lowest BCUT2D eigenvalue weighted by atomic mass is 10.1. The molecule has 3 aromatic carbocycles. The van der Waals surface area contributed by atoms with Crippen LogP contribution in [0.25, 0.3) is 22.2 Å². The Morgan fingerprint density at radius 2 is 1.66 bits per heavy atom. The minimum atomic E-state index is -0.284. The monoisotopic (exact) mass is 387 g/mol. The van der Waals surface area contributed by atoms with Crippen molar-refractivity contribution in [3.05, 3.63) is 84.2 Å². The first-order valence-electron chi connectivity index (χ1n) is 9.06. The second-order valence-electron chi connectivity index (χ2n) is 6.71. The van der Waals surface area contributed by atoms with Gasteiger partial charge in [-0.05, 0) is 60.7 Å². The van der Waals surface area contributed by atoms with Gasteiger partial charge in [-0.3, -0.25) is 9.59 Å². The fraction of sp³-hybridized carbons (Fsp3) is 0.0435. The summed E-state index contributed by atoms with van der Waals surface area (Å²) in [6.45, 7) is 1.43. The molecule has 0 saturated heterocycles. The maximum absolute atomic E-state index is 13.4. The molecular formula is C23H18FN3O2. The Morgan fingerprint density at radius 1 is 0.862 bits per heavy atom. The highest BCUT2D eigenvalue weighted by Gasteiger charge is 2.09. The highest BCUT2D eigenvalue weighted by atomic mass is 19.1. The molecule has 2 amide bonds. The molecule has 0 bridgehead atoms. The summed E-state index contributed by atoms with van der Waals surface area (Å²) in [5.41, 5.74) is 4.30. The molecule has 1 aromatic heterocycles. The van der Waals surface area contributed by atoms with E-state index in [1.165, 1.54) is 19.1 Å². The summed E-state index contributed by atoms with van der Waals surface area (Å²) >= 11 is 0. The molecule has 0 spiro atoms. The number of hydrogen-bond acceptors (Lipinski definition) is 2. The van der Waals surface area contributed by atoms with Crippen molar-refractivity contribution in [2.75, 3.05) is 10.6 Å². The van der Waals surface area contributed by atoms with Gasteiger partial charge in [-0.25, -0.2) is 4.39 Å².